The SMILES string of the molecule is CCN1CCN(c2ccc(NC(=O)Cc3n[nH]c(=O)c4ccccc34)cc2)CC1. The minimum Gasteiger partial charge on any atom is -0.369 e. The molecule has 150 valence electrons. The van der Waals surface area contributed by atoms with Crippen molar-refractivity contribution in [3.05, 3.63) is 64.6 Å². The van der Waals surface area contributed by atoms with E-state index in [4.69, 9.17) is 0 Å². The topological polar surface area (TPSA) is 81.3 Å². The third kappa shape index (κ3) is 4.30. The molecule has 29 heavy (non-hydrogen) atoms. The van der Waals surface area contributed by atoms with Crippen LogP contribution in [0, 0.1) is 0 Å². The van der Waals surface area contributed by atoms with Gasteiger partial charge in [-0.2, -0.15) is 5.10 Å². The summed E-state index contributed by atoms with van der Waals surface area (Å²) in [6, 6.07) is 15.1. The Kier molecular flexibility index (Phi) is 5.57. The van der Waals surface area contributed by atoms with E-state index in [0.29, 0.717) is 16.5 Å². The number of H-pyrrole nitrogens is 1. The van der Waals surface area contributed by atoms with Crippen molar-refractivity contribution in [3.8, 4) is 0 Å². The van der Waals surface area contributed by atoms with Crippen LogP contribution in [0.2, 0.25) is 0 Å². The van der Waals surface area contributed by atoms with Gasteiger partial charge in [0.2, 0.25) is 5.91 Å². The van der Waals surface area contributed by atoms with Crippen LogP contribution in [-0.2, 0) is 11.2 Å². The van der Waals surface area contributed by atoms with E-state index in [2.05, 4.69) is 32.2 Å². The van der Waals surface area contributed by atoms with Crippen molar-refractivity contribution in [2.24, 2.45) is 0 Å². The molecule has 2 heterocycles. The largest absolute Gasteiger partial charge is 0.369 e. The van der Waals surface area contributed by atoms with Crippen molar-refractivity contribution in [1.29, 1.82) is 0 Å². The maximum atomic E-state index is 12.5. The van der Waals surface area contributed by atoms with E-state index in [0.717, 1.165) is 38.4 Å². The molecule has 1 amide bonds. The number of likely N-dealkylation sites (N-methyl/N-ethyl adjacent to an activating group) is 1. The van der Waals surface area contributed by atoms with Gasteiger partial charge >= 0.3 is 0 Å². The average molecular weight is 391 g/mol. The molecule has 0 atom stereocenters. The number of carbonyl (C=O) groups is 1. The second-order valence-corrected chi connectivity index (χ2v) is 7.24. The summed E-state index contributed by atoms with van der Waals surface area (Å²) in [5, 5.41) is 10.7. The first-order valence-electron chi connectivity index (χ1n) is 9.97. The smallest absolute Gasteiger partial charge is 0.272 e. The number of amides is 1. The highest BCUT2D eigenvalue weighted by atomic mass is 16.1. The summed E-state index contributed by atoms with van der Waals surface area (Å²) in [5.41, 5.74) is 2.23. The van der Waals surface area contributed by atoms with Crippen molar-refractivity contribution < 1.29 is 4.79 Å². The Morgan fingerprint density at radius 3 is 2.41 bits per heavy atom. The van der Waals surface area contributed by atoms with Crippen LogP contribution in [-0.4, -0.2) is 53.7 Å². The standard InChI is InChI=1S/C22H25N5O2/c1-2-26-11-13-27(14-12-26)17-9-7-16(8-10-17)23-21(28)15-20-18-5-3-4-6-19(18)22(29)25-24-20/h3-10H,2,11-15H2,1H3,(H,23,28)(H,25,29). The summed E-state index contributed by atoms with van der Waals surface area (Å²) < 4.78 is 0. The predicted molar refractivity (Wildman–Crippen MR) is 115 cm³/mol. The zero-order chi connectivity index (χ0) is 20.2. The number of nitrogens with one attached hydrogen (secondary N) is 2. The van der Waals surface area contributed by atoms with E-state index in [1.165, 1.54) is 5.69 Å². The van der Waals surface area contributed by atoms with Crippen LogP contribution in [0.15, 0.2) is 53.3 Å². The van der Waals surface area contributed by atoms with Crippen LogP contribution >= 0.6 is 0 Å². The molecule has 0 radical (unpaired) electrons. The molecule has 7 heteroatoms. The molecular formula is C22H25N5O2. The van der Waals surface area contributed by atoms with Gasteiger partial charge in [0.05, 0.1) is 17.5 Å². The summed E-state index contributed by atoms with van der Waals surface area (Å²) >= 11 is 0. The Hall–Kier alpha value is -3.19. The minimum absolute atomic E-state index is 0.0953. The monoisotopic (exact) mass is 391 g/mol. The Bertz CT molecular complexity index is 1050. The molecule has 2 N–H and O–H groups in total. The lowest BCUT2D eigenvalue weighted by molar-refractivity contribution is -0.115. The van der Waals surface area contributed by atoms with Crippen LogP contribution in [0.3, 0.4) is 0 Å². The highest BCUT2D eigenvalue weighted by Gasteiger charge is 2.16. The Morgan fingerprint density at radius 2 is 1.72 bits per heavy atom. The van der Waals surface area contributed by atoms with E-state index in [-0.39, 0.29) is 17.9 Å². The van der Waals surface area contributed by atoms with Crippen molar-refractivity contribution in [3.63, 3.8) is 0 Å². The normalized spacial score (nSPS) is 14.9. The van der Waals surface area contributed by atoms with Crippen LogP contribution < -0.4 is 15.8 Å². The molecule has 0 unspecified atom stereocenters. The number of hydrogen-bond acceptors (Lipinski definition) is 5. The first-order chi connectivity index (χ1) is 14.1. The predicted octanol–water partition coefficient (Wildman–Crippen LogP) is 2.25. The Labute approximate surface area is 169 Å². The summed E-state index contributed by atoms with van der Waals surface area (Å²) in [4.78, 5) is 29.2. The van der Waals surface area contributed by atoms with Gasteiger partial charge in [-0.05, 0) is 36.9 Å². The maximum absolute atomic E-state index is 12.5. The lowest BCUT2D eigenvalue weighted by Gasteiger charge is -2.35. The molecule has 3 aromatic rings. The molecule has 2 aromatic carbocycles. The number of hydrogen-bond donors (Lipinski definition) is 2. The fourth-order valence-corrected chi connectivity index (χ4v) is 3.74. The molecule has 1 aliphatic rings. The van der Waals surface area contributed by atoms with Gasteiger partial charge in [0, 0.05) is 42.9 Å². The Morgan fingerprint density at radius 1 is 1.03 bits per heavy atom. The van der Waals surface area contributed by atoms with Crippen LogP contribution in [0.25, 0.3) is 10.8 Å². The first kappa shape index (κ1) is 19.1. The number of benzene rings is 2. The van der Waals surface area contributed by atoms with E-state index < -0.39 is 0 Å². The van der Waals surface area contributed by atoms with Crippen LogP contribution in [0.1, 0.15) is 12.6 Å². The van der Waals surface area contributed by atoms with E-state index >= 15 is 0 Å². The summed E-state index contributed by atoms with van der Waals surface area (Å²) in [6.45, 7) is 7.48. The molecular weight excluding hydrogens is 366 g/mol. The third-order valence-corrected chi connectivity index (χ3v) is 5.44. The zero-order valence-electron chi connectivity index (χ0n) is 16.5. The van der Waals surface area contributed by atoms with Gasteiger partial charge in [-0.1, -0.05) is 25.1 Å². The molecule has 1 aromatic heterocycles. The molecule has 0 spiro atoms. The van der Waals surface area contributed by atoms with Gasteiger partial charge in [0.25, 0.3) is 5.56 Å². The molecule has 0 aliphatic carbocycles. The van der Waals surface area contributed by atoms with Crippen LogP contribution in [0.4, 0.5) is 11.4 Å². The lowest BCUT2D eigenvalue weighted by atomic mass is 10.1. The number of fused-ring (bicyclic) bond motifs is 1. The summed E-state index contributed by atoms with van der Waals surface area (Å²) in [6.07, 6.45) is 0.0953. The van der Waals surface area contributed by atoms with Gasteiger partial charge in [0.1, 0.15) is 0 Å². The molecule has 7 nitrogen and oxygen atoms in total. The highest BCUT2D eigenvalue weighted by molar-refractivity contribution is 5.95. The van der Waals surface area contributed by atoms with Gasteiger partial charge < -0.3 is 15.1 Å². The van der Waals surface area contributed by atoms with Gasteiger partial charge in [-0.25, -0.2) is 5.10 Å². The minimum atomic E-state index is -0.250. The molecule has 0 bridgehead atoms. The van der Waals surface area contributed by atoms with Crippen molar-refractivity contribution >= 4 is 28.1 Å². The first-order valence-corrected chi connectivity index (χ1v) is 9.97. The van der Waals surface area contributed by atoms with Crippen LogP contribution in [0.5, 0.6) is 0 Å². The van der Waals surface area contributed by atoms with Gasteiger partial charge in [0.15, 0.2) is 0 Å². The molecule has 0 saturated carbocycles. The molecule has 1 fully saturated rings. The average Bonchev–Trinajstić information content (AvgIpc) is 2.76. The number of aromatic amines is 1. The molecule has 1 aliphatic heterocycles. The number of anilines is 2. The number of rotatable bonds is 5. The van der Waals surface area contributed by atoms with Gasteiger partial charge in [-0.3, -0.25) is 9.59 Å². The number of piperazine rings is 1. The Balaban J connectivity index is 1.41. The third-order valence-electron chi connectivity index (χ3n) is 5.44. The summed E-state index contributed by atoms with van der Waals surface area (Å²) in [5.74, 6) is -0.168. The lowest BCUT2D eigenvalue weighted by Crippen LogP contribution is -2.46. The molecule has 4 rings (SSSR count). The second-order valence-electron chi connectivity index (χ2n) is 7.24. The van der Waals surface area contributed by atoms with Crippen molar-refractivity contribution in [2.45, 2.75) is 13.3 Å². The number of nitrogens with zero attached hydrogens (tertiary/aromatic N) is 3. The van der Waals surface area contributed by atoms with E-state index in [9.17, 15) is 9.59 Å². The molecule has 1 saturated heterocycles. The fraction of sp³-hybridized carbons (Fsp3) is 0.318. The quantitative estimate of drug-likeness (QED) is 0.697. The van der Waals surface area contributed by atoms with Crippen molar-refractivity contribution in [1.82, 2.24) is 15.1 Å². The number of carbonyl (C=O) groups excluding carboxylic acids is 1. The van der Waals surface area contributed by atoms with Gasteiger partial charge in [-0.15, -0.1) is 0 Å². The zero-order valence-corrected chi connectivity index (χ0v) is 16.5. The number of aromatic nitrogens is 2. The summed E-state index contributed by atoms with van der Waals surface area (Å²) in [7, 11) is 0. The van der Waals surface area contributed by atoms with Crippen molar-refractivity contribution in [2.75, 3.05) is 42.9 Å². The second kappa shape index (κ2) is 8.45. The maximum Gasteiger partial charge on any atom is 0.272 e. The fourth-order valence-electron chi connectivity index (χ4n) is 3.74. The highest BCUT2D eigenvalue weighted by Crippen LogP contribution is 2.20. The van der Waals surface area contributed by atoms with E-state index in [1.54, 1.807) is 12.1 Å². The van der Waals surface area contributed by atoms with E-state index in [1.807, 2.05) is 36.4 Å².